The standard InChI is InChI=1S/C29H37N5O5/c1-7-15(2)27(37)34-11-19-24(18-8-21-22(39-14-38-21)9-20(18)32-25(19)17(34)4)28(5)12-29(6,13-28)33-26(36)16(3)31-23(35)10-30/h8-9,16,25,32H,2,4,7,10-14,30H2,1,3,5-6H3,(H,31,35)(H,33,36). The van der Waals surface area contributed by atoms with Crippen LogP contribution in [0.5, 0.6) is 11.5 Å². The average molecular weight is 536 g/mol. The molecule has 5 rings (SSSR count). The van der Waals surface area contributed by atoms with Crippen LogP contribution in [-0.4, -0.2) is 60.1 Å². The number of fused-ring (bicyclic) bond motifs is 3. The van der Waals surface area contributed by atoms with Crippen molar-refractivity contribution in [3.63, 3.8) is 0 Å². The number of anilines is 1. The van der Waals surface area contributed by atoms with E-state index in [9.17, 15) is 14.4 Å². The minimum Gasteiger partial charge on any atom is -0.454 e. The van der Waals surface area contributed by atoms with Gasteiger partial charge < -0.3 is 36.1 Å². The fourth-order valence-electron chi connectivity index (χ4n) is 6.68. The van der Waals surface area contributed by atoms with Gasteiger partial charge in [0.05, 0.1) is 12.6 Å². The molecule has 1 saturated heterocycles. The normalized spacial score (nSPS) is 27.2. The molecule has 10 nitrogen and oxygen atoms in total. The summed E-state index contributed by atoms with van der Waals surface area (Å²) in [5.41, 5.74) is 9.94. The van der Waals surface area contributed by atoms with Crippen LogP contribution in [0.25, 0.3) is 5.57 Å². The second kappa shape index (κ2) is 9.44. The lowest BCUT2D eigenvalue weighted by molar-refractivity contribution is -0.130. The number of hydrogen-bond acceptors (Lipinski definition) is 7. The van der Waals surface area contributed by atoms with E-state index in [1.165, 1.54) is 0 Å². The van der Waals surface area contributed by atoms with Gasteiger partial charge in [-0.3, -0.25) is 14.4 Å². The number of allylic oxidation sites excluding steroid dienone is 1. The molecule has 3 heterocycles. The highest BCUT2D eigenvalue weighted by Crippen LogP contribution is 2.61. The van der Waals surface area contributed by atoms with Crippen LogP contribution >= 0.6 is 0 Å². The van der Waals surface area contributed by atoms with Gasteiger partial charge in [0.25, 0.3) is 5.91 Å². The molecule has 5 N–H and O–H groups in total. The molecule has 0 aromatic heterocycles. The number of nitrogens with one attached hydrogen (secondary N) is 3. The van der Waals surface area contributed by atoms with Gasteiger partial charge in [0.15, 0.2) is 11.5 Å². The molecule has 3 amide bonds. The Morgan fingerprint density at radius 1 is 1.23 bits per heavy atom. The first-order valence-corrected chi connectivity index (χ1v) is 13.3. The predicted molar refractivity (Wildman–Crippen MR) is 148 cm³/mol. The fraction of sp³-hybridized carbons (Fsp3) is 0.483. The van der Waals surface area contributed by atoms with Crippen molar-refractivity contribution in [3.8, 4) is 11.5 Å². The van der Waals surface area contributed by atoms with Crippen molar-refractivity contribution >= 4 is 29.0 Å². The van der Waals surface area contributed by atoms with Gasteiger partial charge in [-0.15, -0.1) is 0 Å². The smallest absolute Gasteiger partial charge is 0.253 e. The van der Waals surface area contributed by atoms with E-state index < -0.39 is 11.6 Å². The Balaban J connectivity index is 1.48. The molecule has 0 bridgehead atoms. The number of nitrogens with zero attached hydrogens (tertiary/aromatic N) is 1. The molecule has 10 heteroatoms. The van der Waals surface area contributed by atoms with Gasteiger partial charge in [-0.25, -0.2) is 0 Å². The second-order valence-corrected chi connectivity index (χ2v) is 11.5. The summed E-state index contributed by atoms with van der Waals surface area (Å²) in [5.74, 6) is 0.600. The van der Waals surface area contributed by atoms with Crippen molar-refractivity contribution in [2.75, 3.05) is 25.2 Å². The molecule has 1 aromatic carbocycles. The van der Waals surface area contributed by atoms with E-state index in [0.29, 0.717) is 48.6 Å². The topological polar surface area (TPSA) is 135 Å². The molecular weight excluding hydrogens is 498 g/mol. The van der Waals surface area contributed by atoms with E-state index in [2.05, 4.69) is 36.0 Å². The molecule has 208 valence electrons. The molecular formula is C29H37N5O5. The molecule has 2 atom stereocenters. The van der Waals surface area contributed by atoms with Crippen molar-refractivity contribution in [2.24, 2.45) is 11.1 Å². The summed E-state index contributed by atoms with van der Waals surface area (Å²) < 4.78 is 11.4. The Hall–Kier alpha value is -3.79. The molecule has 0 radical (unpaired) electrons. The van der Waals surface area contributed by atoms with Crippen molar-refractivity contribution in [1.29, 1.82) is 0 Å². The molecule has 1 aromatic rings. The minimum absolute atomic E-state index is 0.117. The highest BCUT2D eigenvalue weighted by molar-refractivity contribution is 5.97. The molecule has 3 aliphatic heterocycles. The zero-order chi connectivity index (χ0) is 28.3. The SMILES string of the molecule is C=C(CC)C(=O)N1CC2=C(C3(C)CC(C)(NC(=O)C(C)NC(=O)CN)C3)c3cc4c(cc3NC2C1=C)OCO4. The van der Waals surface area contributed by atoms with E-state index in [1.807, 2.05) is 26.0 Å². The first-order chi connectivity index (χ1) is 18.4. The minimum atomic E-state index is -0.695. The fourth-order valence-corrected chi connectivity index (χ4v) is 6.68. The number of ether oxygens (including phenoxy) is 2. The van der Waals surface area contributed by atoms with Gasteiger partial charge in [0.2, 0.25) is 18.6 Å². The van der Waals surface area contributed by atoms with Crippen LogP contribution in [0.15, 0.2) is 42.1 Å². The van der Waals surface area contributed by atoms with Gasteiger partial charge >= 0.3 is 0 Å². The Labute approximate surface area is 228 Å². The number of carbonyl (C=O) groups is 3. The monoisotopic (exact) mass is 535 g/mol. The molecule has 1 saturated carbocycles. The second-order valence-electron chi connectivity index (χ2n) is 11.5. The molecule has 1 aliphatic carbocycles. The zero-order valence-electron chi connectivity index (χ0n) is 23.0. The summed E-state index contributed by atoms with van der Waals surface area (Å²) in [6, 6.07) is 3.01. The number of carbonyl (C=O) groups excluding carboxylic acids is 3. The number of rotatable bonds is 7. The van der Waals surface area contributed by atoms with Gasteiger partial charge in [0.1, 0.15) is 6.04 Å². The van der Waals surface area contributed by atoms with E-state index in [1.54, 1.807) is 11.8 Å². The molecule has 39 heavy (non-hydrogen) atoms. The van der Waals surface area contributed by atoms with Gasteiger partial charge in [-0.05, 0) is 55.7 Å². The Morgan fingerprint density at radius 3 is 2.54 bits per heavy atom. The van der Waals surface area contributed by atoms with Crippen LogP contribution in [0.1, 0.15) is 52.5 Å². The molecule has 0 spiro atoms. The molecule has 2 unspecified atom stereocenters. The lowest BCUT2D eigenvalue weighted by atomic mass is 9.53. The molecule has 4 aliphatic rings. The third-order valence-corrected chi connectivity index (χ3v) is 8.28. The van der Waals surface area contributed by atoms with Gasteiger partial charge in [-0.1, -0.05) is 27.0 Å². The van der Waals surface area contributed by atoms with Crippen LogP contribution in [0, 0.1) is 5.41 Å². The third kappa shape index (κ3) is 4.46. The summed E-state index contributed by atoms with van der Waals surface area (Å²) in [7, 11) is 0. The van der Waals surface area contributed by atoms with E-state index in [4.69, 9.17) is 15.2 Å². The van der Waals surface area contributed by atoms with Crippen LogP contribution in [0.4, 0.5) is 5.69 Å². The number of amides is 3. The average Bonchev–Trinajstić information content (AvgIpc) is 3.47. The highest BCUT2D eigenvalue weighted by Gasteiger charge is 2.55. The summed E-state index contributed by atoms with van der Waals surface area (Å²) in [6.07, 6.45) is 1.91. The van der Waals surface area contributed by atoms with E-state index >= 15 is 0 Å². The quantitative estimate of drug-likeness (QED) is 0.394. The maximum atomic E-state index is 13.2. The van der Waals surface area contributed by atoms with Crippen LogP contribution < -0.4 is 31.2 Å². The lowest BCUT2D eigenvalue weighted by Crippen LogP contribution is -2.62. The van der Waals surface area contributed by atoms with Crippen molar-refractivity contribution in [3.05, 3.63) is 47.7 Å². The number of nitrogens with two attached hydrogens (primary N) is 1. The summed E-state index contributed by atoms with van der Waals surface area (Å²) >= 11 is 0. The first-order valence-electron chi connectivity index (χ1n) is 13.3. The van der Waals surface area contributed by atoms with Crippen molar-refractivity contribution in [1.82, 2.24) is 15.5 Å². The van der Waals surface area contributed by atoms with Crippen LogP contribution in [0.3, 0.4) is 0 Å². The van der Waals surface area contributed by atoms with Gasteiger partial charge in [-0.2, -0.15) is 0 Å². The predicted octanol–water partition coefficient (Wildman–Crippen LogP) is 2.42. The summed E-state index contributed by atoms with van der Waals surface area (Å²) in [6.45, 7) is 16.4. The Kier molecular flexibility index (Phi) is 6.49. The highest BCUT2D eigenvalue weighted by atomic mass is 16.7. The summed E-state index contributed by atoms with van der Waals surface area (Å²) in [5, 5.41) is 9.33. The van der Waals surface area contributed by atoms with Crippen LogP contribution in [0.2, 0.25) is 0 Å². The largest absolute Gasteiger partial charge is 0.454 e. The summed E-state index contributed by atoms with van der Waals surface area (Å²) in [4.78, 5) is 39.4. The lowest BCUT2D eigenvalue weighted by Gasteiger charge is -2.56. The zero-order valence-corrected chi connectivity index (χ0v) is 23.0. The number of hydrogen-bond donors (Lipinski definition) is 4. The first kappa shape index (κ1) is 26.8. The Bertz CT molecular complexity index is 1330. The maximum absolute atomic E-state index is 13.2. The Morgan fingerprint density at radius 2 is 1.90 bits per heavy atom. The number of likely N-dealkylation sites (tertiary alicyclic amines) is 1. The maximum Gasteiger partial charge on any atom is 0.253 e. The van der Waals surface area contributed by atoms with Gasteiger partial charge in [0, 0.05) is 40.7 Å². The van der Waals surface area contributed by atoms with E-state index in [-0.39, 0.29) is 42.5 Å². The third-order valence-electron chi connectivity index (χ3n) is 8.28. The number of benzene rings is 1. The van der Waals surface area contributed by atoms with E-state index in [0.717, 1.165) is 22.4 Å². The van der Waals surface area contributed by atoms with Crippen molar-refractivity contribution < 1.29 is 23.9 Å². The van der Waals surface area contributed by atoms with Crippen molar-refractivity contribution in [2.45, 2.75) is 64.6 Å². The van der Waals surface area contributed by atoms with Crippen LogP contribution in [-0.2, 0) is 14.4 Å². The molecule has 2 fully saturated rings.